The highest BCUT2D eigenvalue weighted by Gasteiger charge is 2.41. The number of imide groups is 4. The number of ether oxygens (including phenoxy) is 8. The number of hydrogen-bond acceptors (Lipinski definition) is 24. The zero-order valence-electron chi connectivity index (χ0n) is 71.1. The summed E-state index contributed by atoms with van der Waals surface area (Å²) >= 11 is 0. The summed E-state index contributed by atoms with van der Waals surface area (Å²) in [6, 6.07) is 30.0. The lowest BCUT2D eigenvalue weighted by molar-refractivity contribution is -0.124. The molecule has 4 N–H and O–H groups in total. The molecular formula is C96H84N20O16. The average molecular weight is 1770 g/mol. The fraction of sp³-hybridized carbons (Fsp3) is 0.250. The van der Waals surface area contributed by atoms with Gasteiger partial charge >= 0.3 is 0 Å². The molecule has 132 heavy (non-hydrogen) atoms. The number of rotatable bonds is 0. The fourth-order valence-corrected chi connectivity index (χ4v) is 18.4. The molecule has 0 aromatic carbocycles. The van der Waals surface area contributed by atoms with Crippen LogP contribution in [-0.4, -0.2) is 229 Å². The van der Waals surface area contributed by atoms with E-state index in [2.05, 4.69) is 61.1 Å². The molecule has 8 aliphatic rings. The molecular weight excluding hydrogens is 1690 g/mol. The normalized spacial score (nSPS) is 17.6. The van der Waals surface area contributed by atoms with E-state index in [4.69, 9.17) is 37.9 Å². The molecule has 0 fully saturated rings. The zero-order valence-corrected chi connectivity index (χ0v) is 71.1. The number of aromatic nitrogens is 16. The molecule has 24 heterocycles. The van der Waals surface area contributed by atoms with Gasteiger partial charge in [0.1, 0.15) is 45.2 Å². The van der Waals surface area contributed by atoms with Crippen LogP contribution in [-0.2, 0) is 129 Å². The molecule has 16 bridgehead atoms. The van der Waals surface area contributed by atoms with E-state index in [1.54, 1.807) is 49.6 Å². The van der Waals surface area contributed by atoms with Crippen LogP contribution in [0, 0.1) is 0 Å². The number of amides is 8. The Kier molecular flexibility index (Phi) is 23.0. The van der Waals surface area contributed by atoms with Gasteiger partial charge in [-0.2, -0.15) is 0 Å². The summed E-state index contributed by atoms with van der Waals surface area (Å²) in [4.78, 5) is 141. The third kappa shape index (κ3) is 15.6. The van der Waals surface area contributed by atoms with Crippen molar-refractivity contribution in [2.24, 2.45) is 0 Å². The van der Waals surface area contributed by atoms with Crippen molar-refractivity contribution in [3.8, 4) is 0 Å². The molecule has 8 amide bonds. The number of nitrogens with zero attached hydrogens (tertiary/aromatic N) is 16. The Bertz CT molecular complexity index is 6240. The van der Waals surface area contributed by atoms with Gasteiger partial charge in [0.2, 0.25) is 0 Å². The van der Waals surface area contributed by atoms with Gasteiger partial charge in [-0.15, -0.1) is 0 Å². The Labute approximate surface area is 749 Å². The van der Waals surface area contributed by atoms with Crippen LogP contribution in [0.1, 0.15) is 44.5 Å². The van der Waals surface area contributed by atoms with Crippen molar-refractivity contribution >= 4 is 180 Å². The molecule has 16 aromatic rings. The van der Waals surface area contributed by atoms with Crippen LogP contribution in [0.2, 0.25) is 0 Å². The lowest BCUT2D eigenvalue weighted by Crippen LogP contribution is -2.22. The van der Waals surface area contributed by atoms with Crippen molar-refractivity contribution in [2.75, 3.05) is 106 Å². The van der Waals surface area contributed by atoms with E-state index in [1.165, 1.54) is 0 Å². The second-order valence-electron chi connectivity index (χ2n) is 31.9. The van der Waals surface area contributed by atoms with Gasteiger partial charge in [0.05, 0.1) is 150 Å². The molecule has 0 atom stereocenters. The maximum atomic E-state index is 13.1. The summed E-state index contributed by atoms with van der Waals surface area (Å²) < 4.78 is 61.6. The number of fused-ring (bicyclic) bond motifs is 48. The Hall–Kier alpha value is -15.3. The van der Waals surface area contributed by atoms with Crippen molar-refractivity contribution in [3.63, 3.8) is 0 Å². The highest BCUT2D eigenvalue weighted by Crippen LogP contribution is 2.44. The predicted octanol–water partition coefficient (Wildman–Crippen LogP) is 8.00. The number of pyridine rings is 8. The van der Waals surface area contributed by atoms with E-state index in [0.29, 0.717) is 247 Å². The van der Waals surface area contributed by atoms with Crippen molar-refractivity contribution in [1.29, 1.82) is 0 Å². The lowest BCUT2D eigenvalue weighted by Gasteiger charge is -2.08. The molecule has 36 nitrogen and oxygen atoms in total. The van der Waals surface area contributed by atoms with E-state index in [1.807, 2.05) is 183 Å². The van der Waals surface area contributed by atoms with Crippen LogP contribution in [0.4, 0.5) is 0 Å². The first kappa shape index (κ1) is 83.6. The quantitative estimate of drug-likeness (QED) is 0.104. The first-order chi connectivity index (χ1) is 64.9. The van der Waals surface area contributed by atoms with Crippen molar-refractivity contribution in [2.45, 2.75) is 52.4 Å². The monoisotopic (exact) mass is 1770 g/mol. The van der Waals surface area contributed by atoms with Gasteiger partial charge in [-0.1, -0.05) is 0 Å². The van der Waals surface area contributed by atoms with Gasteiger partial charge in [0.25, 0.3) is 47.3 Å². The van der Waals surface area contributed by atoms with E-state index in [0.717, 1.165) is 88.3 Å². The van der Waals surface area contributed by atoms with Gasteiger partial charge in [-0.25, -0.2) is 39.9 Å². The first-order valence-electron chi connectivity index (χ1n) is 43.4. The first-order valence-corrected chi connectivity index (χ1v) is 43.4. The minimum absolute atomic E-state index is 0.351. The summed E-state index contributed by atoms with van der Waals surface area (Å²) in [7, 11) is 0. The molecule has 664 valence electrons. The minimum Gasteiger partial charge on any atom is -0.377 e. The summed E-state index contributed by atoms with van der Waals surface area (Å²) in [6.07, 6.45) is 28.8. The lowest BCUT2D eigenvalue weighted by atomic mass is 9.96. The predicted molar refractivity (Wildman–Crippen MR) is 484 cm³/mol. The third-order valence-electron chi connectivity index (χ3n) is 24.3. The van der Waals surface area contributed by atoms with E-state index < -0.39 is 47.3 Å². The Morgan fingerprint density at radius 2 is 0.303 bits per heavy atom. The Balaban J connectivity index is 0.000000106. The van der Waals surface area contributed by atoms with Crippen LogP contribution in [0.3, 0.4) is 0 Å². The van der Waals surface area contributed by atoms with Gasteiger partial charge in [-0.3, -0.25) is 59.6 Å². The molecule has 0 spiro atoms. The van der Waals surface area contributed by atoms with Crippen molar-refractivity contribution < 1.29 is 76.3 Å². The maximum Gasteiger partial charge on any atom is 0.259 e. The number of carbonyl (C=O) groups excluding carboxylic acids is 8. The minimum atomic E-state index is -0.414. The molecule has 0 unspecified atom stereocenters. The van der Waals surface area contributed by atoms with Crippen LogP contribution in [0.5, 0.6) is 0 Å². The number of nitrogens with one attached hydrogen (secondary N) is 4. The topological polar surface area (TPSA) is 401 Å². The largest absolute Gasteiger partial charge is 0.377 e. The van der Waals surface area contributed by atoms with Crippen LogP contribution < -0.4 is 21.3 Å². The summed E-state index contributed by atoms with van der Waals surface area (Å²) in [5.41, 5.74) is 14.1. The molecule has 0 saturated heterocycles. The highest BCUT2D eigenvalue weighted by molar-refractivity contribution is 6.54. The van der Waals surface area contributed by atoms with Gasteiger partial charge in [0, 0.05) is 239 Å². The zero-order chi connectivity index (χ0) is 89.5. The maximum absolute atomic E-state index is 13.1. The molecule has 0 saturated carbocycles. The average Bonchev–Trinajstić information content (AvgIpc) is 1.59. The third-order valence-corrected chi connectivity index (χ3v) is 24.3. The smallest absolute Gasteiger partial charge is 0.259 e. The standard InChI is InChI=1S/4C24H21N5O4/c4*30-23-19-17-13-28(21-15(17)3-1-5-25-21)7-9-32-11-12-33-10-8-29-14-18(20(19)24(31)27-23)16-4-2-6-26-22(16)29/h4*1-6,13-14H,7-12H2,(H,27,30,31). The number of hydrogen-bond donors (Lipinski definition) is 4. The molecule has 0 aliphatic carbocycles. The van der Waals surface area contributed by atoms with Crippen molar-refractivity contribution in [1.82, 2.24) is 97.7 Å². The number of carbonyl (C=O) groups is 8. The molecule has 24 rings (SSSR count). The van der Waals surface area contributed by atoms with E-state index in [-0.39, 0.29) is 0 Å². The second-order valence-corrected chi connectivity index (χ2v) is 31.9. The van der Waals surface area contributed by atoms with E-state index >= 15 is 0 Å². The van der Waals surface area contributed by atoms with Crippen LogP contribution >= 0.6 is 0 Å². The van der Waals surface area contributed by atoms with Crippen LogP contribution in [0.25, 0.3) is 133 Å². The summed E-state index contributed by atoms with van der Waals surface area (Å²) in [6.45, 7) is 12.2. The fourth-order valence-electron chi connectivity index (χ4n) is 18.4. The highest BCUT2D eigenvalue weighted by atomic mass is 16.5. The van der Waals surface area contributed by atoms with Gasteiger partial charge in [0.15, 0.2) is 0 Å². The molecule has 16 aromatic heterocycles. The van der Waals surface area contributed by atoms with Crippen molar-refractivity contribution in [3.05, 3.63) is 241 Å². The van der Waals surface area contributed by atoms with E-state index in [9.17, 15) is 38.4 Å². The molecule has 8 aliphatic heterocycles. The van der Waals surface area contributed by atoms with Gasteiger partial charge < -0.3 is 74.4 Å². The summed E-state index contributed by atoms with van der Waals surface area (Å²) in [5.74, 6) is -3.31. The Morgan fingerprint density at radius 1 is 0.182 bits per heavy atom. The SMILES string of the molecule is O=C1NC(=O)C2=C1c1cn(c3ncccc13)CCOCCOCCn1cc2c2cccnc21.O=C1NC(=O)C2=C1c1cn(c3ncccc13)CCOCCOCCn1cc2c2cccnc21.O=C1NC(=O)C2=C1c1cn(c3ncccc13)CCOCCOCCn1cc2c2cccnc21.O=C1NC(=O)C2=C1c1cn(c3ncccc13)CCOCCOCCn1cc2c2cccnc21. The molecule has 36 heteroatoms. The summed E-state index contributed by atoms with van der Waals surface area (Å²) in [5, 5.41) is 16.5. The van der Waals surface area contributed by atoms with Gasteiger partial charge in [-0.05, 0) is 97.1 Å². The van der Waals surface area contributed by atoms with Crippen LogP contribution in [0.15, 0.2) is 196 Å². The second kappa shape index (κ2) is 36.3. The Morgan fingerprint density at radius 3 is 0.424 bits per heavy atom. The molecule has 0 radical (unpaired) electrons.